The van der Waals surface area contributed by atoms with Gasteiger partial charge in [0.1, 0.15) is 0 Å². The van der Waals surface area contributed by atoms with Crippen LogP contribution in [0.5, 0.6) is 0 Å². The number of nitro groups is 1. The minimum Gasteiger partial charge on any atom is -0.326 e. The predicted molar refractivity (Wildman–Crippen MR) is 100 cm³/mol. The lowest BCUT2D eigenvalue weighted by atomic mass is 10.1. The van der Waals surface area contributed by atoms with Gasteiger partial charge in [-0.3, -0.25) is 19.7 Å². The first-order valence-corrected chi connectivity index (χ1v) is 9.22. The van der Waals surface area contributed by atoms with E-state index < -0.39 is 39.9 Å². The van der Waals surface area contributed by atoms with Crippen LogP contribution in [0, 0.1) is 21.8 Å². The molecule has 0 bridgehead atoms. The summed E-state index contributed by atoms with van der Waals surface area (Å²) >= 11 is 0.382. The zero-order valence-electron chi connectivity index (χ0n) is 14.7. The average molecular weight is 425 g/mol. The molecule has 0 aliphatic carbocycles. The molecule has 1 unspecified atom stereocenters. The lowest BCUT2D eigenvalue weighted by molar-refractivity contribution is -0.387. The minimum absolute atomic E-state index is 0.0211. The molecular weight excluding hydrogens is 411 g/mol. The van der Waals surface area contributed by atoms with Crippen molar-refractivity contribution < 1.29 is 27.7 Å². The van der Waals surface area contributed by atoms with Crippen LogP contribution in [0.3, 0.4) is 0 Å². The Morgan fingerprint density at radius 3 is 2.55 bits per heavy atom. The van der Waals surface area contributed by atoms with Crippen LogP contribution in [0.4, 0.5) is 30.2 Å². The summed E-state index contributed by atoms with van der Waals surface area (Å²) in [5.74, 6) is -5.16. The summed E-state index contributed by atoms with van der Waals surface area (Å²) in [7, 11) is 0. The standard InChI is InChI=1S/C18H14F3N3O4S/c19-14-6-3-12(8-15(14)24(27)28)23-9-10(7-16(23)25)17(26)22-11-1-4-13(5-2-11)29-18(20)21/h1-6,8,10,18H,7,9H2,(H,22,26). The van der Waals surface area contributed by atoms with E-state index in [0.717, 1.165) is 12.1 Å². The number of amides is 2. The maximum atomic E-state index is 13.5. The quantitative estimate of drug-likeness (QED) is 0.428. The van der Waals surface area contributed by atoms with Crippen molar-refractivity contribution in [3.63, 3.8) is 0 Å². The van der Waals surface area contributed by atoms with Crippen LogP contribution in [0.15, 0.2) is 47.4 Å². The second kappa shape index (κ2) is 8.52. The van der Waals surface area contributed by atoms with Crippen LogP contribution in [-0.4, -0.2) is 29.0 Å². The van der Waals surface area contributed by atoms with Gasteiger partial charge in [0.2, 0.25) is 17.6 Å². The molecule has 1 saturated heterocycles. The van der Waals surface area contributed by atoms with E-state index in [1.807, 2.05) is 0 Å². The number of anilines is 2. The lowest BCUT2D eigenvalue weighted by Gasteiger charge is -2.16. The van der Waals surface area contributed by atoms with E-state index in [-0.39, 0.29) is 18.7 Å². The molecule has 1 heterocycles. The fraction of sp³-hybridized carbons (Fsp3) is 0.222. The summed E-state index contributed by atoms with van der Waals surface area (Å²) in [4.78, 5) is 36.2. The average Bonchev–Trinajstić information content (AvgIpc) is 3.05. The number of rotatable bonds is 6. The van der Waals surface area contributed by atoms with Crippen molar-refractivity contribution in [1.82, 2.24) is 0 Å². The minimum atomic E-state index is -2.55. The Labute approximate surface area is 167 Å². The van der Waals surface area contributed by atoms with Crippen LogP contribution < -0.4 is 10.2 Å². The van der Waals surface area contributed by atoms with Gasteiger partial charge in [-0.25, -0.2) is 0 Å². The number of nitrogens with zero attached hydrogens (tertiary/aromatic N) is 2. The van der Waals surface area contributed by atoms with Crippen LogP contribution >= 0.6 is 11.8 Å². The number of hydrogen-bond donors (Lipinski definition) is 1. The molecule has 3 rings (SSSR count). The third kappa shape index (κ3) is 4.86. The van der Waals surface area contributed by atoms with E-state index in [1.54, 1.807) is 0 Å². The summed E-state index contributed by atoms with van der Waals surface area (Å²) in [5, 5.41) is 13.5. The second-order valence-corrected chi connectivity index (χ2v) is 7.25. The van der Waals surface area contributed by atoms with Gasteiger partial charge >= 0.3 is 5.69 Å². The van der Waals surface area contributed by atoms with Crippen molar-refractivity contribution in [3.8, 4) is 0 Å². The van der Waals surface area contributed by atoms with E-state index in [9.17, 15) is 32.9 Å². The number of halogens is 3. The van der Waals surface area contributed by atoms with Crippen LogP contribution in [0.1, 0.15) is 6.42 Å². The summed E-state index contributed by atoms with van der Waals surface area (Å²) in [5.41, 5.74) is -0.242. The van der Waals surface area contributed by atoms with E-state index in [0.29, 0.717) is 22.3 Å². The van der Waals surface area contributed by atoms with Gasteiger partial charge in [-0.1, -0.05) is 11.8 Å². The second-order valence-electron chi connectivity index (χ2n) is 6.19. The molecule has 11 heteroatoms. The van der Waals surface area contributed by atoms with Crippen molar-refractivity contribution in [3.05, 3.63) is 58.4 Å². The number of benzene rings is 2. The van der Waals surface area contributed by atoms with E-state index in [2.05, 4.69) is 5.32 Å². The van der Waals surface area contributed by atoms with Crippen LogP contribution in [-0.2, 0) is 9.59 Å². The van der Waals surface area contributed by atoms with Gasteiger partial charge in [0.05, 0.1) is 16.5 Å². The third-order valence-electron chi connectivity index (χ3n) is 4.28. The normalized spacial score (nSPS) is 16.3. The molecule has 0 aromatic heterocycles. The highest BCUT2D eigenvalue weighted by atomic mass is 32.2. The number of nitrogens with one attached hydrogen (secondary N) is 1. The first kappa shape index (κ1) is 20.6. The first-order valence-electron chi connectivity index (χ1n) is 8.34. The summed E-state index contributed by atoms with van der Waals surface area (Å²) in [6.07, 6.45) is -0.115. The van der Waals surface area contributed by atoms with E-state index in [1.165, 1.54) is 35.2 Å². The number of thioether (sulfide) groups is 1. The third-order valence-corrected chi connectivity index (χ3v) is 5.00. The Bertz CT molecular complexity index is 956. The van der Waals surface area contributed by atoms with Gasteiger partial charge in [-0.05, 0) is 36.4 Å². The summed E-state index contributed by atoms with van der Waals surface area (Å²) in [6.45, 7) is -0.0211. The van der Waals surface area contributed by atoms with Gasteiger partial charge in [-0.2, -0.15) is 13.2 Å². The Hall–Kier alpha value is -3.08. The molecule has 7 nitrogen and oxygen atoms in total. The Morgan fingerprint density at radius 2 is 1.93 bits per heavy atom. The fourth-order valence-electron chi connectivity index (χ4n) is 2.91. The molecule has 1 aliphatic rings. The number of carbonyl (C=O) groups is 2. The predicted octanol–water partition coefficient (Wildman–Crippen LogP) is 4.04. The summed E-state index contributed by atoms with van der Waals surface area (Å²) in [6, 6.07) is 8.91. The maximum Gasteiger partial charge on any atom is 0.306 e. The Morgan fingerprint density at radius 1 is 1.24 bits per heavy atom. The highest BCUT2D eigenvalue weighted by molar-refractivity contribution is 7.99. The number of carbonyl (C=O) groups excluding carboxylic acids is 2. The molecule has 29 heavy (non-hydrogen) atoms. The molecule has 0 saturated carbocycles. The van der Waals surface area contributed by atoms with Gasteiger partial charge in [0, 0.05) is 29.6 Å². The molecule has 1 N–H and O–H groups in total. The summed E-state index contributed by atoms with van der Waals surface area (Å²) < 4.78 is 38.2. The molecule has 2 aromatic carbocycles. The lowest BCUT2D eigenvalue weighted by Crippen LogP contribution is -2.28. The van der Waals surface area contributed by atoms with Gasteiger partial charge in [-0.15, -0.1) is 0 Å². The zero-order valence-corrected chi connectivity index (χ0v) is 15.5. The molecule has 2 amide bonds. The number of hydrogen-bond acceptors (Lipinski definition) is 5. The van der Waals surface area contributed by atoms with Gasteiger partial charge < -0.3 is 10.2 Å². The topological polar surface area (TPSA) is 92.6 Å². The van der Waals surface area contributed by atoms with Crippen molar-refractivity contribution in [2.24, 2.45) is 5.92 Å². The van der Waals surface area contributed by atoms with Crippen molar-refractivity contribution in [1.29, 1.82) is 0 Å². The zero-order chi connectivity index (χ0) is 21.1. The van der Waals surface area contributed by atoms with E-state index in [4.69, 9.17) is 0 Å². The molecule has 0 radical (unpaired) electrons. The van der Waals surface area contributed by atoms with Crippen molar-refractivity contribution in [2.45, 2.75) is 17.1 Å². The Balaban J connectivity index is 1.67. The molecule has 0 spiro atoms. The van der Waals surface area contributed by atoms with Gasteiger partial charge in [0.15, 0.2) is 0 Å². The highest BCUT2D eigenvalue weighted by Gasteiger charge is 2.36. The number of alkyl halides is 2. The van der Waals surface area contributed by atoms with Crippen LogP contribution in [0.2, 0.25) is 0 Å². The SMILES string of the molecule is O=C(Nc1ccc(SC(F)F)cc1)C1CC(=O)N(c2ccc(F)c([N+](=O)[O-])c2)C1. The molecular formula is C18H14F3N3O4S. The van der Waals surface area contributed by atoms with E-state index >= 15 is 0 Å². The maximum absolute atomic E-state index is 13.5. The smallest absolute Gasteiger partial charge is 0.306 e. The largest absolute Gasteiger partial charge is 0.326 e. The highest BCUT2D eigenvalue weighted by Crippen LogP contribution is 2.30. The van der Waals surface area contributed by atoms with Crippen molar-refractivity contribution in [2.75, 3.05) is 16.8 Å². The first-order chi connectivity index (χ1) is 13.7. The molecule has 2 aromatic rings. The monoisotopic (exact) mass is 425 g/mol. The van der Waals surface area contributed by atoms with Crippen LogP contribution in [0.25, 0.3) is 0 Å². The fourth-order valence-corrected chi connectivity index (χ4v) is 3.40. The molecule has 1 fully saturated rings. The number of nitro benzene ring substituents is 1. The molecule has 1 aliphatic heterocycles. The van der Waals surface area contributed by atoms with Gasteiger partial charge in [0.25, 0.3) is 5.76 Å². The molecule has 152 valence electrons. The van der Waals surface area contributed by atoms with Crippen molar-refractivity contribution >= 4 is 40.6 Å². The molecule has 1 atom stereocenters. The Kier molecular flexibility index (Phi) is 6.06.